The predicted molar refractivity (Wildman–Crippen MR) is 76.5 cm³/mol. The third kappa shape index (κ3) is 3.34. The monoisotopic (exact) mass is 258 g/mol. The van der Waals surface area contributed by atoms with Crippen LogP contribution in [-0.2, 0) is 0 Å². The number of benzene rings is 1. The van der Waals surface area contributed by atoms with Gasteiger partial charge in [0.05, 0.1) is 6.04 Å². The van der Waals surface area contributed by atoms with E-state index >= 15 is 0 Å². The maximum absolute atomic E-state index is 9.48. The third-order valence-corrected chi connectivity index (χ3v) is 2.81. The molecule has 0 unspecified atom stereocenters. The van der Waals surface area contributed by atoms with Crippen molar-refractivity contribution in [2.24, 2.45) is 0 Å². The van der Waals surface area contributed by atoms with Crippen molar-refractivity contribution in [1.29, 1.82) is 0 Å². The van der Waals surface area contributed by atoms with E-state index < -0.39 is 0 Å². The summed E-state index contributed by atoms with van der Waals surface area (Å²) in [4.78, 5) is 10.5. The Morgan fingerprint density at radius 3 is 2.74 bits per heavy atom. The van der Waals surface area contributed by atoms with Gasteiger partial charge in [-0.1, -0.05) is 12.1 Å². The van der Waals surface area contributed by atoms with Gasteiger partial charge in [-0.05, 0) is 30.7 Å². The van der Waals surface area contributed by atoms with E-state index in [1.54, 1.807) is 18.3 Å². The topological polar surface area (TPSA) is 61.3 Å². The van der Waals surface area contributed by atoms with E-state index in [-0.39, 0.29) is 11.8 Å². The van der Waals surface area contributed by atoms with Gasteiger partial charge < -0.3 is 15.3 Å². The molecule has 2 rings (SSSR count). The van der Waals surface area contributed by atoms with Gasteiger partial charge in [-0.25, -0.2) is 4.98 Å². The summed E-state index contributed by atoms with van der Waals surface area (Å²) in [5, 5.41) is 12.7. The molecule has 19 heavy (non-hydrogen) atoms. The summed E-state index contributed by atoms with van der Waals surface area (Å²) in [6, 6.07) is 9.02. The second-order valence-corrected chi connectivity index (χ2v) is 4.59. The van der Waals surface area contributed by atoms with E-state index in [2.05, 4.69) is 15.3 Å². The summed E-state index contributed by atoms with van der Waals surface area (Å²) < 4.78 is 0. The zero-order chi connectivity index (χ0) is 13.8. The molecule has 1 atom stereocenters. The van der Waals surface area contributed by atoms with Crippen molar-refractivity contribution in [3.05, 3.63) is 42.1 Å². The fourth-order valence-electron chi connectivity index (χ4n) is 1.74. The maximum Gasteiger partial charge on any atom is 0.225 e. The van der Waals surface area contributed by atoms with Crippen molar-refractivity contribution in [1.82, 2.24) is 9.97 Å². The molecule has 2 N–H and O–H groups in total. The Bertz CT molecular complexity index is 557. The van der Waals surface area contributed by atoms with Crippen LogP contribution in [0.4, 0.5) is 11.8 Å². The molecule has 0 aliphatic carbocycles. The SMILES string of the molecule is C[C@@H](Nc1nccc(N(C)C)n1)c1cccc(O)c1. The number of nitrogens with one attached hydrogen (secondary N) is 1. The molecule has 0 saturated heterocycles. The van der Waals surface area contributed by atoms with Gasteiger partial charge in [0, 0.05) is 20.3 Å². The lowest BCUT2D eigenvalue weighted by Gasteiger charge is -2.16. The van der Waals surface area contributed by atoms with Gasteiger partial charge in [-0.15, -0.1) is 0 Å². The summed E-state index contributed by atoms with van der Waals surface area (Å²) >= 11 is 0. The van der Waals surface area contributed by atoms with Crippen molar-refractivity contribution in [2.45, 2.75) is 13.0 Å². The fourth-order valence-corrected chi connectivity index (χ4v) is 1.74. The van der Waals surface area contributed by atoms with Crippen molar-refractivity contribution in [3.63, 3.8) is 0 Å². The number of rotatable bonds is 4. The molecule has 0 amide bonds. The Morgan fingerprint density at radius 1 is 1.26 bits per heavy atom. The number of nitrogens with zero attached hydrogens (tertiary/aromatic N) is 3. The summed E-state index contributed by atoms with van der Waals surface area (Å²) in [7, 11) is 3.87. The first kappa shape index (κ1) is 13.1. The van der Waals surface area contributed by atoms with Crippen LogP contribution in [0, 0.1) is 0 Å². The standard InChI is InChI=1S/C14H18N4O/c1-10(11-5-4-6-12(19)9-11)16-14-15-8-7-13(17-14)18(2)3/h4-10,19H,1-3H3,(H,15,16,17)/t10-/m1/s1. The molecule has 0 fully saturated rings. The molecule has 1 heterocycles. The Balaban J connectivity index is 2.14. The highest BCUT2D eigenvalue weighted by atomic mass is 16.3. The number of phenols is 1. The molecule has 2 aromatic rings. The molecular weight excluding hydrogens is 240 g/mol. The lowest BCUT2D eigenvalue weighted by molar-refractivity contribution is 0.474. The van der Waals surface area contributed by atoms with Crippen LogP contribution in [0.1, 0.15) is 18.5 Å². The molecule has 0 saturated carbocycles. The van der Waals surface area contributed by atoms with Crippen molar-refractivity contribution < 1.29 is 5.11 Å². The minimum atomic E-state index is 0.0181. The minimum Gasteiger partial charge on any atom is -0.508 e. The molecule has 0 bridgehead atoms. The van der Waals surface area contributed by atoms with E-state index in [1.165, 1.54) is 0 Å². The first-order valence-corrected chi connectivity index (χ1v) is 6.12. The number of hydrogen-bond donors (Lipinski definition) is 2. The molecular formula is C14H18N4O. The first-order valence-electron chi connectivity index (χ1n) is 6.12. The third-order valence-electron chi connectivity index (χ3n) is 2.81. The van der Waals surface area contributed by atoms with Gasteiger partial charge in [0.25, 0.3) is 0 Å². The van der Waals surface area contributed by atoms with E-state index in [4.69, 9.17) is 0 Å². The second-order valence-electron chi connectivity index (χ2n) is 4.59. The summed E-state index contributed by atoms with van der Waals surface area (Å²) in [6.45, 7) is 2.00. The normalized spacial score (nSPS) is 11.9. The Kier molecular flexibility index (Phi) is 3.85. The smallest absolute Gasteiger partial charge is 0.225 e. The van der Waals surface area contributed by atoms with Crippen molar-refractivity contribution in [3.8, 4) is 5.75 Å². The summed E-state index contributed by atoms with van der Waals surface area (Å²) in [5.74, 6) is 1.68. The number of aromatic nitrogens is 2. The quantitative estimate of drug-likeness (QED) is 0.882. The lowest BCUT2D eigenvalue weighted by atomic mass is 10.1. The van der Waals surface area contributed by atoms with Crippen molar-refractivity contribution >= 4 is 11.8 Å². The largest absolute Gasteiger partial charge is 0.508 e. The van der Waals surface area contributed by atoms with E-state index in [1.807, 2.05) is 44.1 Å². The number of aromatic hydroxyl groups is 1. The van der Waals surface area contributed by atoms with Gasteiger partial charge >= 0.3 is 0 Å². The number of phenolic OH excluding ortho intramolecular Hbond substituents is 1. The van der Waals surface area contributed by atoms with Gasteiger partial charge in [-0.3, -0.25) is 0 Å². The highest BCUT2D eigenvalue weighted by molar-refractivity contribution is 5.42. The zero-order valence-electron chi connectivity index (χ0n) is 11.3. The predicted octanol–water partition coefficient (Wildman–Crippen LogP) is 2.42. The molecule has 0 aliphatic rings. The molecule has 0 spiro atoms. The molecule has 5 nitrogen and oxygen atoms in total. The molecule has 0 radical (unpaired) electrons. The summed E-state index contributed by atoms with van der Waals surface area (Å²) in [5.41, 5.74) is 0.985. The Hall–Kier alpha value is -2.30. The van der Waals surface area contributed by atoms with Crippen LogP contribution in [-0.4, -0.2) is 29.2 Å². The van der Waals surface area contributed by atoms with Crippen LogP contribution in [0.3, 0.4) is 0 Å². The highest BCUT2D eigenvalue weighted by Crippen LogP contribution is 2.21. The lowest BCUT2D eigenvalue weighted by Crippen LogP contribution is -2.14. The fraction of sp³-hybridized carbons (Fsp3) is 0.286. The Labute approximate surface area is 112 Å². The van der Waals surface area contributed by atoms with Gasteiger partial charge in [0.15, 0.2) is 0 Å². The number of anilines is 2. The van der Waals surface area contributed by atoms with E-state index in [0.717, 1.165) is 11.4 Å². The van der Waals surface area contributed by atoms with Crippen LogP contribution in [0.5, 0.6) is 5.75 Å². The second kappa shape index (κ2) is 5.56. The average molecular weight is 258 g/mol. The minimum absolute atomic E-state index is 0.0181. The molecule has 5 heteroatoms. The van der Waals surface area contributed by atoms with Gasteiger partial charge in [0.2, 0.25) is 5.95 Å². The highest BCUT2D eigenvalue weighted by Gasteiger charge is 2.08. The number of hydrogen-bond acceptors (Lipinski definition) is 5. The van der Waals surface area contributed by atoms with Crippen LogP contribution in [0.25, 0.3) is 0 Å². The van der Waals surface area contributed by atoms with Crippen LogP contribution in [0.15, 0.2) is 36.5 Å². The molecule has 1 aromatic heterocycles. The van der Waals surface area contributed by atoms with Crippen molar-refractivity contribution in [2.75, 3.05) is 24.3 Å². The Morgan fingerprint density at radius 2 is 2.05 bits per heavy atom. The van der Waals surface area contributed by atoms with Crippen LogP contribution < -0.4 is 10.2 Å². The first-order chi connectivity index (χ1) is 9.06. The molecule has 100 valence electrons. The van der Waals surface area contributed by atoms with Gasteiger partial charge in [0.1, 0.15) is 11.6 Å². The van der Waals surface area contributed by atoms with E-state index in [0.29, 0.717) is 5.95 Å². The molecule has 1 aromatic carbocycles. The average Bonchev–Trinajstić information content (AvgIpc) is 2.39. The summed E-state index contributed by atoms with van der Waals surface area (Å²) in [6.07, 6.45) is 1.72. The van der Waals surface area contributed by atoms with Crippen LogP contribution >= 0.6 is 0 Å². The maximum atomic E-state index is 9.48. The van der Waals surface area contributed by atoms with E-state index in [9.17, 15) is 5.11 Å². The van der Waals surface area contributed by atoms with Gasteiger partial charge in [-0.2, -0.15) is 4.98 Å². The zero-order valence-corrected chi connectivity index (χ0v) is 11.3. The van der Waals surface area contributed by atoms with Crippen LogP contribution in [0.2, 0.25) is 0 Å². The molecule has 0 aliphatic heterocycles.